The summed E-state index contributed by atoms with van der Waals surface area (Å²) in [6, 6.07) is 6.00. The van der Waals surface area contributed by atoms with Crippen LogP contribution >= 0.6 is 0 Å². The van der Waals surface area contributed by atoms with Gasteiger partial charge in [0.05, 0.1) is 6.61 Å². The molecule has 1 unspecified atom stereocenters. The predicted molar refractivity (Wildman–Crippen MR) is 77.3 cm³/mol. The van der Waals surface area contributed by atoms with Gasteiger partial charge < -0.3 is 19.9 Å². The summed E-state index contributed by atoms with van der Waals surface area (Å²) in [4.78, 5) is 10.5. The van der Waals surface area contributed by atoms with E-state index in [-0.39, 0.29) is 6.61 Å². The molecule has 5 heteroatoms. The first-order chi connectivity index (χ1) is 9.56. The number of hydrogen-bond donors (Lipinski definition) is 2. The fourth-order valence-corrected chi connectivity index (χ4v) is 1.63. The van der Waals surface area contributed by atoms with Crippen molar-refractivity contribution < 1.29 is 19.4 Å². The van der Waals surface area contributed by atoms with Gasteiger partial charge in [0.25, 0.3) is 0 Å². The van der Waals surface area contributed by atoms with Gasteiger partial charge in [0.15, 0.2) is 18.1 Å². The van der Waals surface area contributed by atoms with Crippen molar-refractivity contribution in [2.45, 2.75) is 39.8 Å². The van der Waals surface area contributed by atoms with Crippen LogP contribution in [0.4, 0.5) is 0 Å². The molecule has 1 atom stereocenters. The molecule has 0 saturated heterocycles. The van der Waals surface area contributed by atoms with E-state index in [1.165, 1.54) is 0 Å². The van der Waals surface area contributed by atoms with Gasteiger partial charge in [-0.3, -0.25) is 0 Å². The van der Waals surface area contributed by atoms with Crippen LogP contribution < -0.4 is 14.8 Å². The predicted octanol–water partition coefficient (Wildman–Crippen LogP) is 2.44. The number of ether oxygens (including phenoxy) is 2. The molecule has 0 aliphatic rings. The lowest BCUT2D eigenvalue weighted by atomic mass is 10.1. The van der Waals surface area contributed by atoms with Crippen molar-refractivity contribution in [3.05, 3.63) is 23.8 Å². The molecule has 20 heavy (non-hydrogen) atoms. The number of carboxylic acid groups (broad SMARTS) is 1. The number of carbonyl (C=O) groups is 1. The van der Waals surface area contributed by atoms with Crippen molar-refractivity contribution >= 4 is 5.97 Å². The van der Waals surface area contributed by atoms with E-state index in [2.05, 4.69) is 19.2 Å². The molecule has 112 valence electrons. The van der Waals surface area contributed by atoms with Crippen molar-refractivity contribution in [1.82, 2.24) is 5.32 Å². The molecule has 5 nitrogen and oxygen atoms in total. The van der Waals surface area contributed by atoms with Crippen molar-refractivity contribution in [1.29, 1.82) is 0 Å². The standard InChI is InChI=1S/C15H23NO4/c1-4-11(3)16-9-12-6-7-13(20-10-15(17)18)14(8-12)19-5-2/h6-8,11,16H,4-5,9-10H2,1-3H3,(H,17,18). The van der Waals surface area contributed by atoms with Gasteiger partial charge in [-0.15, -0.1) is 0 Å². The summed E-state index contributed by atoms with van der Waals surface area (Å²) in [5, 5.41) is 12.0. The monoisotopic (exact) mass is 281 g/mol. The maximum atomic E-state index is 10.5. The minimum Gasteiger partial charge on any atom is -0.490 e. The second-order valence-corrected chi connectivity index (χ2v) is 4.59. The third kappa shape index (κ3) is 5.48. The SMILES string of the molecule is CCOc1cc(CNC(C)CC)ccc1OCC(=O)O. The molecule has 0 spiro atoms. The van der Waals surface area contributed by atoms with Gasteiger partial charge in [-0.1, -0.05) is 13.0 Å². The highest BCUT2D eigenvalue weighted by Gasteiger charge is 2.09. The number of hydrogen-bond acceptors (Lipinski definition) is 4. The zero-order chi connectivity index (χ0) is 15.0. The van der Waals surface area contributed by atoms with Gasteiger partial charge in [0.1, 0.15) is 0 Å². The first-order valence-corrected chi connectivity index (χ1v) is 6.90. The fourth-order valence-electron chi connectivity index (χ4n) is 1.63. The van der Waals surface area contributed by atoms with Crippen LogP contribution in [0, 0.1) is 0 Å². The molecule has 0 aromatic heterocycles. The fraction of sp³-hybridized carbons (Fsp3) is 0.533. The lowest BCUT2D eigenvalue weighted by Gasteiger charge is -2.14. The van der Waals surface area contributed by atoms with Crippen LogP contribution in [-0.2, 0) is 11.3 Å². The van der Waals surface area contributed by atoms with E-state index < -0.39 is 5.97 Å². The molecule has 0 heterocycles. The molecule has 0 aliphatic heterocycles. The summed E-state index contributed by atoms with van der Waals surface area (Å²) < 4.78 is 10.7. The van der Waals surface area contributed by atoms with Crippen LogP contribution in [0.3, 0.4) is 0 Å². The van der Waals surface area contributed by atoms with Crippen molar-refractivity contribution in [3.63, 3.8) is 0 Å². The van der Waals surface area contributed by atoms with Gasteiger partial charge in [-0.2, -0.15) is 0 Å². The third-order valence-electron chi connectivity index (χ3n) is 2.93. The topological polar surface area (TPSA) is 67.8 Å². The van der Waals surface area contributed by atoms with Crippen LogP contribution in [0.2, 0.25) is 0 Å². The summed E-state index contributed by atoms with van der Waals surface area (Å²) in [5.41, 5.74) is 1.08. The number of nitrogens with one attached hydrogen (secondary N) is 1. The van der Waals surface area contributed by atoms with Crippen molar-refractivity contribution in [2.24, 2.45) is 0 Å². The van der Waals surface area contributed by atoms with Crippen LogP contribution in [0.5, 0.6) is 11.5 Å². The minimum atomic E-state index is -1.00. The molecule has 0 radical (unpaired) electrons. The molecule has 2 N–H and O–H groups in total. The highest BCUT2D eigenvalue weighted by atomic mass is 16.5. The maximum absolute atomic E-state index is 10.5. The molecule has 0 bridgehead atoms. The smallest absolute Gasteiger partial charge is 0.341 e. The van der Waals surface area contributed by atoms with Crippen LogP contribution in [0.1, 0.15) is 32.8 Å². The Hall–Kier alpha value is -1.75. The number of aliphatic carboxylic acids is 1. The second-order valence-electron chi connectivity index (χ2n) is 4.59. The van der Waals surface area contributed by atoms with Gasteiger partial charge in [-0.05, 0) is 38.0 Å². The van der Waals surface area contributed by atoms with Gasteiger partial charge >= 0.3 is 5.97 Å². The van der Waals surface area contributed by atoms with E-state index in [9.17, 15) is 4.79 Å². The highest BCUT2D eigenvalue weighted by molar-refractivity contribution is 5.68. The highest BCUT2D eigenvalue weighted by Crippen LogP contribution is 2.28. The lowest BCUT2D eigenvalue weighted by molar-refractivity contribution is -0.139. The van der Waals surface area contributed by atoms with E-state index in [1.54, 1.807) is 6.07 Å². The van der Waals surface area contributed by atoms with Crippen molar-refractivity contribution in [2.75, 3.05) is 13.2 Å². The summed E-state index contributed by atoms with van der Waals surface area (Å²) in [7, 11) is 0. The Bertz CT molecular complexity index is 434. The molecule has 0 amide bonds. The molecule has 0 aliphatic carbocycles. The minimum absolute atomic E-state index is 0.370. The number of carboxylic acids is 1. The summed E-state index contributed by atoms with van der Waals surface area (Å²) in [6.45, 7) is 7.02. The Morgan fingerprint density at radius 3 is 2.65 bits per heavy atom. The quantitative estimate of drug-likeness (QED) is 0.727. The Morgan fingerprint density at radius 2 is 2.05 bits per heavy atom. The van der Waals surface area contributed by atoms with E-state index in [0.29, 0.717) is 24.1 Å². The average molecular weight is 281 g/mol. The molecular weight excluding hydrogens is 258 g/mol. The zero-order valence-electron chi connectivity index (χ0n) is 12.3. The number of rotatable bonds is 9. The van der Waals surface area contributed by atoms with Crippen LogP contribution in [0.15, 0.2) is 18.2 Å². The lowest BCUT2D eigenvalue weighted by Crippen LogP contribution is -2.24. The molecule has 0 fully saturated rings. The van der Waals surface area contributed by atoms with Crippen LogP contribution in [0.25, 0.3) is 0 Å². The Morgan fingerprint density at radius 1 is 1.30 bits per heavy atom. The van der Waals surface area contributed by atoms with Gasteiger partial charge in [0, 0.05) is 12.6 Å². The first-order valence-electron chi connectivity index (χ1n) is 6.90. The Balaban J connectivity index is 2.74. The van der Waals surface area contributed by atoms with E-state index in [1.807, 2.05) is 19.1 Å². The van der Waals surface area contributed by atoms with Gasteiger partial charge in [0.2, 0.25) is 0 Å². The summed E-state index contributed by atoms with van der Waals surface area (Å²) in [5.74, 6) is 0.0358. The first kappa shape index (κ1) is 16.3. The van der Waals surface area contributed by atoms with E-state index in [0.717, 1.165) is 18.5 Å². The van der Waals surface area contributed by atoms with E-state index >= 15 is 0 Å². The second kappa shape index (κ2) is 8.43. The normalized spacial score (nSPS) is 11.9. The zero-order valence-corrected chi connectivity index (χ0v) is 12.3. The number of benzene rings is 1. The molecule has 1 rings (SSSR count). The van der Waals surface area contributed by atoms with Crippen molar-refractivity contribution in [3.8, 4) is 11.5 Å². The third-order valence-corrected chi connectivity index (χ3v) is 2.93. The largest absolute Gasteiger partial charge is 0.490 e. The van der Waals surface area contributed by atoms with E-state index in [4.69, 9.17) is 14.6 Å². The van der Waals surface area contributed by atoms with Crippen LogP contribution in [-0.4, -0.2) is 30.3 Å². The Kier molecular flexibility index (Phi) is 6.87. The Labute approximate surface area is 119 Å². The summed E-state index contributed by atoms with van der Waals surface area (Å²) >= 11 is 0. The van der Waals surface area contributed by atoms with Gasteiger partial charge in [-0.25, -0.2) is 4.79 Å². The molecule has 0 saturated carbocycles. The summed E-state index contributed by atoms with van der Waals surface area (Å²) in [6.07, 6.45) is 1.07. The molecular formula is C15H23NO4. The maximum Gasteiger partial charge on any atom is 0.341 e. The molecule has 1 aromatic carbocycles. The molecule has 1 aromatic rings. The average Bonchev–Trinajstić information content (AvgIpc) is 2.43.